The highest BCUT2D eigenvalue weighted by Gasteiger charge is 2.01. The van der Waals surface area contributed by atoms with Crippen molar-refractivity contribution >= 4 is 23.1 Å². The topological polar surface area (TPSA) is 61.4 Å². The summed E-state index contributed by atoms with van der Waals surface area (Å²) < 4.78 is 0. The predicted molar refractivity (Wildman–Crippen MR) is 68.3 cm³/mol. The fourth-order valence-corrected chi connectivity index (χ4v) is 1.95. The molecule has 0 aliphatic carbocycles. The van der Waals surface area contributed by atoms with Gasteiger partial charge in [-0.25, -0.2) is 4.79 Å². The van der Waals surface area contributed by atoms with Crippen LogP contribution in [-0.2, 0) is 6.54 Å². The molecule has 0 radical (unpaired) electrons. The molecule has 5 heteroatoms. The molecule has 2 amide bonds. The number of urea groups is 1. The lowest BCUT2D eigenvalue weighted by molar-refractivity contribution is 0.251. The summed E-state index contributed by atoms with van der Waals surface area (Å²) in [6, 6.07) is 8.36. The van der Waals surface area contributed by atoms with E-state index in [4.69, 9.17) is 0 Å². The maximum absolute atomic E-state index is 11.5. The van der Waals surface area contributed by atoms with Gasteiger partial charge in [0.1, 0.15) is 5.75 Å². The molecule has 2 rings (SSSR count). The average molecular weight is 248 g/mol. The Balaban J connectivity index is 1.84. The number of carbonyl (C=O) groups excluding carboxylic acids is 1. The van der Waals surface area contributed by atoms with E-state index in [-0.39, 0.29) is 11.8 Å². The van der Waals surface area contributed by atoms with Gasteiger partial charge in [-0.3, -0.25) is 0 Å². The fraction of sp³-hybridized carbons (Fsp3) is 0.0833. The molecule has 0 atom stereocenters. The molecule has 4 nitrogen and oxygen atoms in total. The van der Waals surface area contributed by atoms with Crippen LogP contribution in [0.3, 0.4) is 0 Å². The second-order valence-corrected chi connectivity index (χ2v) is 4.27. The maximum atomic E-state index is 11.5. The number of benzene rings is 1. The van der Waals surface area contributed by atoms with Gasteiger partial charge in [0.05, 0.1) is 5.69 Å². The summed E-state index contributed by atoms with van der Waals surface area (Å²) in [6.45, 7) is 0.379. The number of rotatable bonds is 3. The summed E-state index contributed by atoms with van der Waals surface area (Å²) >= 11 is 1.52. The van der Waals surface area contributed by atoms with Crippen molar-refractivity contribution in [1.82, 2.24) is 5.32 Å². The summed E-state index contributed by atoms with van der Waals surface area (Å²) in [5.41, 5.74) is 1.63. The van der Waals surface area contributed by atoms with Crippen LogP contribution in [-0.4, -0.2) is 11.1 Å². The number of thiophene rings is 1. The average Bonchev–Trinajstić information content (AvgIpc) is 2.79. The quantitative estimate of drug-likeness (QED) is 0.782. The summed E-state index contributed by atoms with van der Waals surface area (Å²) in [4.78, 5) is 11.5. The summed E-state index contributed by atoms with van der Waals surface area (Å²) in [5, 5.41) is 18.4. The van der Waals surface area contributed by atoms with Gasteiger partial charge in [0.15, 0.2) is 0 Å². The number of carbonyl (C=O) groups is 1. The van der Waals surface area contributed by atoms with Crippen molar-refractivity contribution in [2.45, 2.75) is 6.54 Å². The molecule has 0 spiro atoms. The van der Waals surface area contributed by atoms with Gasteiger partial charge in [-0.2, -0.15) is 11.3 Å². The molecular formula is C12H12N2O2S. The first-order valence-electron chi connectivity index (χ1n) is 5.09. The van der Waals surface area contributed by atoms with Crippen LogP contribution in [0.4, 0.5) is 10.5 Å². The number of phenols is 1. The molecule has 17 heavy (non-hydrogen) atoms. The van der Waals surface area contributed by atoms with E-state index >= 15 is 0 Å². The Morgan fingerprint density at radius 1 is 1.35 bits per heavy atom. The third-order valence-corrected chi connectivity index (χ3v) is 2.83. The highest BCUT2D eigenvalue weighted by Crippen LogP contribution is 2.12. The van der Waals surface area contributed by atoms with Crippen LogP contribution in [0.5, 0.6) is 5.75 Å². The molecule has 0 unspecified atom stereocenters. The zero-order valence-corrected chi connectivity index (χ0v) is 9.83. The van der Waals surface area contributed by atoms with Crippen molar-refractivity contribution in [2.75, 3.05) is 5.32 Å². The monoisotopic (exact) mass is 248 g/mol. The Labute approximate surface area is 103 Å². The van der Waals surface area contributed by atoms with Crippen molar-refractivity contribution in [1.29, 1.82) is 0 Å². The zero-order valence-electron chi connectivity index (χ0n) is 9.01. The SMILES string of the molecule is O=C(NCc1cccc(O)c1)Nc1ccsc1. The maximum Gasteiger partial charge on any atom is 0.319 e. The number of hydrogen-bond acceptors (Lipinski definition) is 3. The molecule has 0 saturated heterocycles. The van der Waals surface area contributed by atoms with Gasteiger partial charge in [-0.05, 0) is 29.1 Å². The third kappa shape index (κ3) is 3.49. The Hall–Kier alpha value is -2.01. The van der Waals surface area contributed by atoms with Crippen LogP contribution in [0.1, 0.15) is 5.56 Å². The van der Waals surface area contributed by atoms with Crippen LogP contribution in [0.25, 0.3) is 0 Å². The number of aromatic hydroxyl groups is 1. The summed E-state index contributed by atoms with van der Waals surface area (Å²) in [6.07, 6.45) is 0. The number of phenolic OH excluding ortho intramolecular Hbond substituents is 1. The van der Waals surface area contributed by atoms with E-state index in [1.54, 1.807) is 18.2 Å². The highest BCUT2D eigenvalue weighted by atomic mass is 32.1. The molecule has 0 aliphatic heterocycles. The largest absolute Gasteiger partial charge is 0.508 e. The van der Waals surface area contributed by atoms with Gasteiger partial charge in [-0.15, -0.1) is 0 Å². The van der Waals surface area contributed by atoms with Gasteiger partial charge >= 0.3 is 6.03 Å². The van der Waals surface area contributed by atoms with Gasteiger partial charge in [0, 0.05) is 11.9 Å². The van der Waals surface area contributed by atoms with E-state index in [0.29, 0.717) is 6.54 Å². The fourth-order valence-electron chi connectivity index (χ4n) is 1.36. The van der Waals surface area contributed by atoms with Crippen molar-refractivity contribution in [3.63, 3.8) is 0 Å². The van der Waals surface area contributed by atoms with Gasteiger partial charge < -0.3 is 15.7 Å². The van der Waals surface area contributed by atoms with E-state index in [2.05, 4.69) is 10.6 Å². The van der Waals surface area contributed by atoms with E-state index in [1.807, 2.05) is 22.9 Å². The Morgan fingerprint density at radius 3 is 2.94 bits per heavy atom. The zero-order chi connectivity index (χ0) is 12.1. The molecular weight excluding hydrogens is 236 g/mol. The first-order chi connectivity index (χ1) is 8.24. The lowest BCUT2D eigenvalue weighted by Crippen LogP contribution is -2.27. The van der Waals surface area contributed by atoms with E-state index < -0.39 is 0 Å². The van der Waals surface area contributed by atoms with Crippen molar-refractivity contribution < 1.29 is 9.90 Å². The van der Waals surface area contributed by atoms with E-state index in [0.717, 1.165) is 11.3 Å². The van der Waals surface area contributed by atoms with Crippen LogP contribution >= 0.6 is 11.3 Å². The highest BCUT2D eigenvalue weighted by molar-refractivity contribution is 7.08. The predicted octanol–water partition coefficient (Wildman–Crippen LogP) is 2.78. The van der Waals surface area contributed by atoms with Crippen molar-refractivity contribution in [2.24, 2.45) is 0 Å². The Bertz CT molecular complexity index is 497. The molecule has 0 aliphatic rings. The Morgan fingerprint density at radius 2 is 2.24 bits per heavy atom. The second-order valence-electron chi connectivity index (χ2n) is 3.49. The molecule has 1 aromatic heterocycles. The van der Waals surface area contributed by atoms with Gasteiger partial charge in [0.2, 0.25) is 0 Å². The number of anilines is 1. The van der Waals surface area contributed by atoms with E-state index in [1.165, 1.54) is 11.3 Å². The van der Waals surface area contributed by atoms with Crippen LogP contribution in [0, 0.1) is 0 Å². The first-order valence-corrected chi connectivity index (χ1v) is 6.03. The van der Waals surface area contributed by atoms with Crippen molar-refractivity contribution in [3.05, 3.63) is 46.7 Å². The molecule has 0 fully saturated rings. The number of amides is 2. The summed E-state index contributed by atoms with van der Waals surface area (Å²) in [5.74, 6) is 0.197. The third-order valence-electron chi connectivity index (χ3n) is 2.14. The lowest BCUT2D eigenvalue weighted by Gasteiger charge is -2.06. The standard InChI is InChI=1S/C12H12N2O2S/c15-11-3-1-2-9(6-11)7-13-12(16)14-10-4-5-17-8-10/h1-6,8,15H,7H2,(H2,13,14,16). The van der Waals surface area contributed by atoms with Crippen molar-refractivity contribution in [3.8, 4) is 5.75 Å². The molecule has 3 N–H and O–H groups in total. The minimum atomic E-state index is -0.258. The van der Waals surface area contributed by atoms with Crippen LogP contribution in [0.2, 0.25) is 0 Å². The normalized spacial score (nSPS) is 9.88. The van der Waals surface area contributed by atoms with E-state index in [9.17, 15) is 9.90 Å². The molecule has 1 aromatic carbocycles. The minimum Gasteiger partial charge on any atom is -0.508 e. The van der Waals surface area contributed by atoms with Crippen LogP contribution < -0.4 is 10.6 Å². The summed E-state index contributed by atoms with van der Waals surface area (Å²) in [7, 11) is 0. The molecule has 0 saturated carbocycles. The number of hydrogen-bond donors (Lipinski definition) is 3. The van der Waals surface area contributed by atoms with Gasteiger partial charge in [-0.1, -0.05) is 12.1 Å². The molecule has 1 heterocycles. The first kappa shape index (κ1) is 11.5. The second kappa shape index (κ2) is 5.36. The molecule has 88 valence electrons. The molecule has 2 aromatic rings. The number of nitrogens with one attached hydrogen (secondary N) is 2. The molecule has 0 bridgehead atoms. The van der Waals surface area contributed by atoms with Gasteiger partial charge in [0.25, 0.3) is 0 Å². The lowest BCUT2D eigenvalue weighted by atomic mass is 10.2. The smallest absolute Gasteiger partial charge is 0.319 e. The minimum absolute atomic E-state index is 0.197. The Kier molecular flexibility index (Phi) is 3.62. The van der Waals surface area contributed by atoms with Crippen LogP contribution in [0.15, 0.2) is 41.1 Å².